The van der Waals surface area contributed by atoms with E-state index in [4.69, 9.17) is 9.47 Å². The van der Waals surface area contributed by atoms with Crippen LogP contribution in [0, 0.1) is 0 Å². The normalized spacial score (nSPS) is 11.7. The van der Waals surface area contributed by atoms with Gasteiger partial charge in [-0.05, 0) is 31.9 Å². The Balaban J connectivity index is 2.60. The van der Waals surface area contributed by atoms with Crippen molar-refractivity contribution >= 4 is 5.97 Å². The van der Waals surface area contributed by atoms with Gasteiger partial charge >= 0.3 is 5.97 Å². The van der Waals surface area contributed by atoms with Crippen molar-refractivity contribution in [3.05, 3.63) is 42.5 Å². The summed E-state index contributed by atoms with van der Waals surface area (Å²) in [5, 5.41) is 0. The van der Waals surface area contributed by atoms with Crippen molar-refractivity contribution in [1.82, 2.24) is 0 Å². The van der Waals surface area contributed by atoms with Crippen LogP contribution >= 0.6 is 0 Å². The van der Waals surface area contributed by atoms with Gasteiger partial charge in [0.25, 0.3) is 0 Å². The minimum Gasteiger partial charge on any atom is -0.490 e. The van der Waals surface area contributed by atoms with Crippen molar-refractivity contribution in [1.29, 1.82) is 0 Å². The van der Waals surface area contributed by atoms with Crippen LogP contribution in [0.2, 0.25) is 0 Å². The van der Waals surface area contributed by atoms with Crippen LogP contribution in [0.5, 0.6) is 5.75 Å². The summed E-state index contributed by atoms with van der Waals surface area (Å²) in [6, 6.07) is 7.77. The molecule has 0 aromatic heterocycles. The maximum absolute atomic E-state index is 11.3. The fourth-order valence-corrected chi connectivity index (χ4v) is 1.66. The van der Waals surface area contributed by atoms with Gasteiger partial charge < -0.3 is 9.47 Å². The third kappa shape index (κ3) is 4.62. The van der Waals surface area contributed by atoms with E-state index >= 15 is 0 Å². The van der Waals surface area contributed by atoms with E-state index in [0.717, 1.165) is 17.7 Å². The van der Waals surface area contributed by atoms with Crippen LogP contribution in [0.15, 0.2) is 36.9 Å². The standard InChI is InChI=1S/C15H20O3/c1-4-8-13-9-6-7-10-14(13)18-12(3)11-15(16)17-5-2/h4,6-7,9-10,12H,1,5,8,11H2,2-3H3. The first-order valence-corrected chi connectivity index (χ1v) is 6.18. The van der Waals surface area contributed by atoms with E-state index in [1.165, 1.54) is 0 Å². The molecule has 0 aliphatic carbocycles. The van der Waals surface area contributed by atoms with Crippen LogP contribution in [-0.4, -0.2) is 18.7 Å². The van der Waals surface area contributed by atoms with Gasteiger partial charge in [-0.2, -0.15) is 0 Å². The number of carbonyl (C=O) groups is 1. The van der Waals surface area contributed by atoms with Crippen molar-refractivity contribution < 1.29 is 14.3 Å². The molecule has 0 aliphatic rings. The van der Waals surface area contributed by atoms with Gasteiger partial charge in [-0.25, -0.2) is 0 Å². The third-order valence-corrected chi connectivity index (χ3v) is 2.42. The molecule has 1 aromatic carbocycles. The van der Waals surface area contributed by atoms with Crippen molar-refractivity contribution in [2.24, 2.45) is 0 Å². The van der Waals surface area contributed by atoms with Gasteiger partial charge in [-0.1, -0.05) is 24.3 Å². The maximum atomic E-state index is 11.3. The lowest BCUT2D eigenvalue weighted by molar-refractivity contribution is -0.144. The molecule has 3 nitrogen and oxygen atoms in total. The van der Waals surface area contributed by atoms with Crippen LogP contribution < -0.4 is 4.74 Å². The van der Waals surface area contributed by atoms with Crippen molar-refractivity contribution in [3.63, 3.8) is 0 Å². The number of benzene rings is 1. The molecule has 0 radical (unpaired) electrons. The minimum absolute atomic E-state index is 0.199. The number of esters is 1. The van der Waals surface area contributed by atoms with E-state index in [2.05, 4.69) is 6.58 Å². The highest BCUT2D eigenvalue weighted by molar-refractivity contribution is 5.69. The number of allylic oxidation sites excluding steroid dienone is 1. The summed E-state index contributed by atoms with van der Waals surface area (Å²) < 4.78 is 10.7. The molecule has 1 atom stereocenters. The highest BCUT2D eigenvalue weighted by Gasteiger charge is 2.12. The summed E-state index contributed by atoms with van der Waals surface area (Å²) in [5.41, 5.74) is 1.07. The van der Waals surface area contributed by atoms with E-state index in [1.54, 1.807) is 6.92 Å². The molecule has 1 rings (SSSR count). The van der Waals surface area contributed by atoms with Crippen molar-refractivity contribution in [2.75, 3.05) is 6.61 Å². The van der Waals surface area contributed by atoms with Gasteiger partial charge in [-0.3, -0.25) is 4.79 Å². The number of rotatable bonds is 7. The van der Waals surface area contributed by atoms with E-state index < -0.39 is 0 Å². The Hall–Kier alpha value is -1.77. The summed E-state index contributed by atoms with van der Waals surface area (Å²) in [5.74, 6) is 0.570. The monoisotopic (exact) mass is 248 g/mol. The smallest absolute Gasteiger partial charge is 0.309 e. The topological polar surface area (TPSA) is 35.5 Å². The Kier molecular flexibility index (Phi) is 5.98. The number of para-hydroxylation sites is 1. The number of hydrogen-bond donors (Lipinski definition) is 0. The van der Waals surface area contributed by atoms with Crippen molar-refractivity contribution in [2.45, 2.75) is 32.8 Å². The Morgan fingerprint density at radius 3 is 2.83 bits per heavy atom. The summed E-state index contributed by atoms with van der Waals surface area (Å²) in [6.45, 7) is 7.78. The molecule has 1 unspecified atom stereocenters. The van der Waals surface area contributed by atoms with Crippen molar-refractivity contribution in [3.8, 4) is 5.75 Å². The molecule has 0 N–H and O–H groups in total. The molecule has 0 spiro atoms. The van der Waals surface area contributed by atoms with Gasteiger partial charge in [-0.15, -0.1) is 6.58 Å². The Morgan fingerprint density at radius 2 is 2.17 bits per heavy atom. The molecular formula is C15H20O3. The first-order valence-electron chi connectivity index (χ1n) is 6.18. The van der Waals surface area contributed by atoms with Crippen LogP contribution in [0.25, 0.3) is 0 Å². The molecule has 0 bridgehead atoms. The number of ether oxygens (including phenoxy) is 2. The largest absolute Gasteiger partial charge is 0.490 e. The molecule has 0 saturated carbocycles. The Morgan fingerprint density at radius 1 is 1.44 bits per heavy atom. The maximum Gasteiger partial charge on any atom is 0.309 e. The lowest BCUT2D eigenvalue weighted by Gasteiger charge is -2.16. The second-order valence-corrected chi connectivity index (χ2v) is 4.04. The molecular weight excluding hydrogens is 228 g/mol. The summed E-state index contributed by atoms with van der Waals surface area (Å²) >= 11 is 0. The summed E-state index contributed by atoms with van der Waals surface area (Å²) in [4.78, 5) is 11.3. The SMILES string of the molecule is C=CCc1ccccc1OC(C)CC(=O)OCC. The fraction of sp³-hybridized carbons (Fsp3) is 0.400. The van der Waals surface area contributed by atoms with Crippen LogP contribution in [0.3, 0.4) is 0 Å². The molecule has 0 fully saturated rings. The number of hydrogen-bond acceptors (Lipinski definition) is 3. The zero-order valence-electron chi connectivity index (χ0n) is 11.0. The molecule has 0 aliphatic heterocycles. The molecule has 0 saturated heterocycles. The van der Waals surface area contributed by atoms with Crippen LogP contribution in [0.4, 0.5) is 0 Å². The van der Waals surface area contributed by atoms with Crippen LogP contribution in [-0.2, 0) is 16.0 Å². The predicted molar refractivity (Wildman–Crippen MR) is 71.7 cm³/mol. The lowest BCUT2D eigenvalue weighted by atomic mass is 10.1. The molecule has 0 heterocycles. The van der Waals surface area contributed by atoms with Crippen LogP contribution in [0.1, 0.15) is 25.8 Å². The average Bonchev–Trinajstić information content (AvgIpc) is 2.32. The second kappa shape index (κ2) is 7.54. The molecule has 98 valence electrons. The number of carbonyl (C=O) groups excluding carboxylic acids is 1. The average molecular weight is 248 g/mol. The van der Waals surface area contributed by atoms with Gasteiger partial charge in [0, 0.05) is 0 Å². The molecule has 0 amide bonds. The van der Waals surface area contributed by atoms with Gasteiger partial charge in [0.1, 0.15) is 11.9 Å². The molecule has 3 heteroatoms. The first kappa shape index (κ1) is 14.3. The highest BCUT2D eigenvalue weighted by Crippen LogP contribution is 2.20. The van der Waals surface area contributed by atoms with Gasteiger partial charge in [0.15, 0.2) is 0 Å². The van der Waals surface area contributed by atoms with E-state index in [0.29, 0.717) is 6.61 Å². The molecule has 1 aromatic rings. The second-order valence-electron chi connectivity index (χ2n) is 4.04. The quantitative estimate of drug-likeness (QED) is 0.549. The highest BCUT2D eigenvalue weighted by atomic mass is 16.5. The zero-order chi connectivity index (χ0) is 13.4. The minimum atomic E-state index is -0.230. The molecule has 18 heavy (non-hydrogen) atoms. The fourth-order valence-electron chi connectivity index (χ4n) is 1.66. The summed E-state index contributed by atoms with van der Waals surface area (Å²) in [6.07, 6.45) is 2.64. The first-order chi connectivity index (χ1) is 8.67. The predicted octanol–water partition coefficient (Wildman–Crippen LogP) is 3.14. The third-order valence-electron chi connectivity index (χ3n) is 2.42. The van der Waals surface area contributed by atoms with E-state index in [1.807, 2.05) is 37.3 Å². The Bertz CT molecular complexity index is 398. The van der Waals surface area contributed by atoms with E-state index in [-0.39, 0.29) is 18.5 Å². The van der Waals surface area contributed by atoms with Gasteiger partial charge in [0.05, 0.1) is 13.0 Å². The zero-order valence-corrected chi connectivity index (χ0v) is 11.0. The van der Waals surface area contributed by atoms with E-state index in [9.17, 15) is 4.79 Å². The lowest BCUT2D eigenvalue weighted by Crippen LogP contribution is -2.19. The summed E-state index contributed by atoms with van der Waals surface area (Å²) in [7, 11) is 0. The Labute approximate surface area is 108 Å². The van der Waals surface area contributed by atoms with Gasteiger partial charge in [0.2, 0.25) is 0 Å².